The SMILES string of the molecule is COc1ccc(/C=C2\Oc3c4c(cc(C)c3C2=O)OCN(Cc2cccs2)C4)cc1. The lowest BCUT2D eigenvalue weighted by Gasteiger charge is -2.29. The van der Waals surface area contributed by atoms with Gasteiger partial charge in [-0.15, -0.1) is 11.3 Å². The van der Waals surface area contributed by atoms with Crippen molar-refractivity contribution in [2.75, 3.05) is 13.8 Å². The molecule has 1 aromatic heterocycles. The topological polar surface area (TPSA) is 48.0 Å². The van der Waals surface area contributed by atoms with Crippen LogP contribution >= 0.6 is 11.3 Å². The Morgan fingerprint density at radius 1 is 1.23 bits per heavy atom. The minimum atomic E-state index is -0.0866. The number of benzene rings is 2. The second-order valence-electron chi connectivity index (χ2n) is 7.43. The van der Waals surface area contributed by atoms with E-state index >= 15 is 0 Å². The van der Waals surface area contributed by atoms with Crippen molar-refractivity contribution in [1.29, 1.82) is 0 Å². The summed E-state index contributed by atoms with van der Waals surface area (Å²) < 4.78 is 17.3. The maximum absolute atomic E-state index is 13.1. The maximum atomic E-state index is 13.1. The molecule has 0 bridgehead atoms. The van der Waals surface area contributed by atoms with Gasteiger partial charge in [-0.25, -0.2) is 0 Å². The quantitative estimate of drug-likeness (QED) is 0.555. The average Bonchev–Trinajstić information content (AvgIpc) is 3.38. The highest BCUT2D eigenvalue weighted by atomic mass is 32.1. The Morgan fingerprint density at radius 2 is 2.07 bits per heavy atom. The number of Topliss-reactive ketones (excluding diaryl/α,β-unsaturated/α-hetero) is 1. The van der Waals surface area contributed by atoms with Crippen LogP contribution in [0.1, 0.15) is 31.9 Å². The molecule has 0 saturated heterocycles. The van der Waals surface area contributed by atoms with Gasteiger partial charge in [-0.1, -0.05) is 18.2 Å². The van der Waals surface area contributed by atoms with Crippen LogP contribution in [-0.4, -0.2) is 24.5 Å². The third kappa shape index (κ3) is 3.38. The van der Waals surface area contributed by atoms with Crippen molar-refractivity contribution in [3.63, 3.8) is 0 Å². The van der Waals surface area contributed by atoms with Gasteiger partial charge < -0.3 is 14.2 Å². The first-order valence-corrected chi connectivity index (χ1v) is 10.6. The zero-order valence-corrected chi connectivity index (χ0v) is 17.6. The molecule has 0 unspecified atom stereocenters. The van der Waals surface area contributed by atoms with Crippen LogP contribution in [-0.2, 0) is 13.1 Å². The number of fused-ring (bicyclic) bond motifs is 3. The second-order valence-corrected chi connectivity index (χ2v) is 8.46. The molecule has 0 fully saturated rings. The number of carbonyl (C=O) groups excluding carboxylic acids is 1. The molecular weight excluding hydrogens is 398 g/mol. The molecule has 0 aliphatic carbocycles. The highest BCUT2D eigenvalue weighted by molar-refractivity contribution is 7.09. The highest BCUT2D eigenvalue weighted by Crippen LogP contribution is 2.44. The van der Waals surface area contributed by atoms with Crippen molar-refractivity contribution in [2.24, 2.45) is 0 Å². The van der Waals surface area contributed by atoms with Crippen LogP contribution in [0.4, 0.5) is 0 Å². The van der Waals surface area contributed by atoms with Gasteiger partial charge in [-0.3, -0.25) is 9.69 Å². The number of nitrogens with zero attached hydrogens (tertiary/aromatic N) is 1. The summed E-state index contributed by atoms with van der Waals surface area (Å²) in [5.74, 6) is 2.45. The Kier molecular flexibility index (Phi) is 4.81. The van der Waals surface area contributed by atoms with Crippen LogP contribution in [0.15, 0.2) is 53.6 Å². The minimum absolute atomic E-state index is 0.0866. The summed E-state index contributed by atoms with van der Waals surface area (Å²) in [6.45, 7) is 3.94. The second kappa shape index (κ2) is 7.63. The van der Waals surface area contributed by atoms with Gasteiger partial charge in [0.1, 0.15) is 24.0 Å². The first kappa shape index (κ1) is 18.9. The number of aryl methyl sites for hydroxylation is 1. The van der Waals surface area contributed by atoms with E-state index in [9.17, 15) is 4.79 Å². The predicted octanol–water partition coefficient (Wildman–Crippen LogP) is 5.03. The van der Waals surface area contributed by atoms with Gasteiger partial charge in [0.2, 0.25) is 5.78 Å². The number of ether oxygens (including phenoxy) is 3. The number of rotatable bonds is 4. The monoisotopic (exact) mass is 419 g/mol. The van der Waals surface area contributed by atoms with Crippen LogP contribution < -0.4 is 14.2 Å². The van der Waals surface area contributed by atoms with E-state index in [0.29, 0.717) is 30.3 Å². The Morgan fingerprint density at radius 3 is 2.80 bits per heavy atom. The molecule has 0 amide bonds. The molecule has 2 aliphatic rings. The van der Waals surface area contributed by atoms with E-state index in [1.807, 2.05) is 37.3 Å². The van der Waals surface area contributed by atoms with Gasteiger partial charge >= 0.3 is 0 Å². The number of ketones is 1. The molecule has 30 heavy (non-hydrogen) atoms. The van der Waals surface area contributed by atoms with Crippen molar-refractivity contribution < 1.29 is 19.0 Å². The van der Waals surface area contributed by atoms with Gasteiger partial charge in [0, 0.05) is 18.0 Å². The van der Waals surface area contributed by atoms with Crippen LogP contribution in [0.25, 0.3) is 6.08 Å². The van der Waals surface area contributed by atoms with Crippen molar-refractivity contribution in [1.82, 2.24) is 4.90 Å². The molecule has 6 heteroatoms. The van der Waals surface area contributed by atoms with Crippen LogP contribution in [0.5, 0.6) is 17.2 Å². The third-order valence-corrected chi connectivity index (χ3v) is 6.22. The highest BCUT2D eigenvalue weighted by Gasteiger charge is 2.35. The molecule has 5 rings (SSSR count). The number of hydrogen-bond acceptors (Lipinski definition) is 6. The largest absolute Gasteiger partial charge is 0.497 e. The number of thiophene rings is 1. The first-order chi connectivity index (χ1) is 14.6. The lowest BCUT2D eigenvalue weighted by atomic mass is 9.98. The normalized spacial score (nSPS) is 16.7. The zero-order chi connectivity index (χ0) is 20.7. The molecule has 0 N–H and O–H groups in total. The molecule has 5 nitrogen and oxygen atoms in total. The average molecular weight is 420 g/mol. The van der Waals surface area contributed by atoms with E-state index in [2.05, 4.69) is 22.4 Å². The Labute approximate surface area is 179 Å². The van der Waals surface area contributed by atoms with Gasteiger partial charge in [-0.05, 0) is 53.8 Å². The van der Waals surface area contributed by atoms with E-state index < -0.39 is 0 Å². The molecule has 0 atom stereocenters. The Bertz CT molecular complexity index is 1130. The number of allylic oxidation sites excluding steroid dienone is 1. The van der Waals surface area contributed by atoms with Crippen molar-refractivity contribution >= 4 is 23.2 Å². The molecule has 0 radical (unpaired) electrons. The van der Waals surface area contributed by atoms with Gasteiger partial charge in [-0.2, -0.15) is 0 Å². The number of carbonyl (C=O) groups is 1. The summed E-state index contributed by atoms with van der Waals surface area (Å²) in [7, 11) is 1.63. The fraction of sp³-hybridized carbons (Fsp3) is 0.208. The van der Waals surface area contributed by atoms with Crippen LogP contribution in [0, 0.1) is 6.92 Å². The van der Waals surface area contributed by atoms with Crippen molar-refractivity contribution in [2.45, 2.75) is 20.0 Å². The van der Waals surface area contributed by atoms with Gasteiger partial charge in [0.25, 0.3) is 0 Å². The fourth-order valence-electron chi connectivity index (χ4n) is 3.85. The fourth-order valence-corrected chi connectivity index (χ4v) is 4.60. The summed E-state index contributed by atoms with van der Waals surface area (Å²) in [5.41, 5.74) is 3.33. The summed E-state index contributed by atoms with van der Waals surface area (Å²) >= 11 is 1.73. The molecule has 152 valence electrons. The standard InChI is InChI=1S/C24H21NO4S/c1-15-10-20-19(13-25(14-28-20)12-18-4-3-9-30-18)24-22(15)23(26)21(29-24)11-16-5-7-17(27-2)8-6-16/h3-11H,12-14H2,1-2H3/b21-11-. The van der Waals surface area contributed by atoms with E-state index in [1.54, 1.807) is 24.5 Å². The molecule has 2 aliphatic heterocycles. The molecule has 2 aromatic carbocycles. The first-order valence-electron chi connectivity index (χ1n) is 9.74. The smallest absolute Gasteiger partial charge is 0.232 e. The summed E-state index contributed by atoms with van der Waals surface area (Å²) in [6.07, 6.45) is 1.78. The molecule has 0 spiro atoms. The van der Waals surface area contributed by atoms with E-state index in [-0.39, 0.29) is 5.78 Å². The van der Waals surface area contributed by atoms with Gasteiger partial charge in [0.05, 0.1) is 18.2 Å². The zero-order valence-electron chi connectivity index (χ0n) is 16.8. The summed E-state index contributed by atoms with van der Waals surface area (Å²) in [4.78, 5) is 16.6. The Balaban J connectivity index is 1.46. The van der Waals surface area contributed by atoms with Crippen molar-refractivity contribution in [3.8, 4) is 17.2 Å². The third-order valence-electron chi connectivity index (χ3n) is 5.36. The molecule has 0 saturated carbocycles. The summed E-state index contributed by atoms with van der Waals surface area (Å²) in [5, 5.41) is 2.08. The van der Waals surface area contributed by atoms with Crippen LogP contribution in [0.2, 0.25) is 0 Å². The predicted molar refractivity (Wildman–Crippen MR) is 116 cm³/mol. The number of hydrogen-bond donors (Lipinski definition) is 0. The molecule has 3 heterocycles. The maximum Gasteiger partial charge on any atom is 0.232 e. The van der Waals surface area contributed by atoms with Gasteiger partial charge in [0.15, 0.2) is 5.76 Å². The van der Waals surface area contributed by atoms with Crippen LogP contribution in [0.3, 0.4) is 0 Å². The van der Waals surface area contributed by atoms with E-state index in [4.69, 9.17) is 14.2 Å². The lowest BCUT2D eigenvalue weighted by molar-refractivity contribution is 0.0881. The van der Waals surface area contributed by atoms with E-state index in [1.165, 1.54) is 4.88 Å². The van der Waals surface area contributed by atoms with E-state index in [0.717, 1.165) is 34.7 Å². The lowest BCUT2D eigenvalue weighted by Crippen LogP contribution is -2.31. The molecule has 3 aromatic rings. The number of methoxy groups -OCH3 is 1. The minimum Gasteiger partial charge on any atom is -0.497 e. The Hall–Kier alpha value is -3.09. The molecular formula is C24H21NO4S. The summed E-state index contributed by atoms with van der Waals surface area (Å²) in [6, 6.07) is 13.7. The van der Waals surface area contributed by atoms with Crippen molar-refractivity contribution in [3.05, 3.63) is 80.7 Å².